The van der Waals surface area contributed by atoms with Crippen molar-refractivity contribution in [3.05, 3.63) is 35.9 Å². The Hall–Kier alpha value is -3.63. The molecule has 30 heavy (non-hydrogen) atoms. The summed E-state index contributed by atoms with van der Waals surface area (Å²) < 4.78 is 19.0. The lowest BCUT2D eigenvalue weighted by Crippen LogP contribution is -2.47. The van der Waals surface area contributed by atoms with Crippen LogP contribution in [0, 0.1) is 0 Å². The van der Waals surface area contributed by atoms with Gasteiger partial charge in [0.1, 0.15) is 18.7 Å². The summed E-state index contributed by atoms with van der Waals surface area (Å²) in [7, 11) is 2.23. The van der Waals surface area contributed by atoms with Crippen molar-refractivity contribution in [3.63, 3.8) is 0 Å². The third-order valence-electron chi connectivity index (χ3n) is 4.23. The number of methoxy groups -OCH3 is 2. The van der Waals surface area contributed by atoms with E-state index in [1.807, 2.05) is 6.07 Å². The lowest BCUT2D eigenvalue weighted by Gasteiger charge is -2.21. The van der Waals surface area contributed by atoms with Crippen molar-refractivity contribution >= 4 is 29.9 Å². The molecule has 1 saturated heterocycles. The van der Waals surface area contributed by atoms with Crippen molar-refractivity contribution in [1.29, 1.82) is 0 Å². The van der Waals surface area contributed by atoms with Crippen molar-refractivity contribution in [2.24, 2.45) is 0 Å². The van der Waals surface area contributed by atoms with Crippen LogP contribution in [0.2, 0.25) is 0 Å². The number of nitrogens with one attached hydrogen (secondary N) is 1. The summed E-state index contributed by atoms with van der Waals surface area (Å²) in [5.74, 6) is -3.15. The molecule has 11 nitrogen and oxygen atoms in total. The van der Waals surface area contributed by atoms with Crippen LogP contribution < -0.4 is 5.32 Å². The molecule has 1 aliphatic rings. The minimum absolute atomic E-state index is 0.0210. The minimum atomic E-state index is -1.30. The summed E-state index contributed by atoms with van der Waals surface area (Å²) in [6.45, 7) is -0.389. The summed E-state index contributed by atoms with van der Waals surface area (Å²) >= 11 is 0. The molecule has 0 unspecified atom stereocenters. The van der Waals surface area contributed by atoms with Gasteiger partial charge in [0.05, 0.1) is 27.1 Å². The van der Waals surface area contributed by atoms with Gasteiger partial charge in [-0.25, -0.2) is 14.4 Å². The zero-order valence-corrected chi connectivity index (χ0v) is 16.5. The lowest BCUT2D eigenvalue weighted by atomic mass is 10.1. The van der Waals surface area contributed by atoms with Crippen molar-refractivity contribution in [1.82, 2.24) is 10.2 Å². The van der Waals surface area contributed by atoms with Crippen LogP contribution in [0.15, 0.2) is 30.3 Å². The Morgan fingerprint density at radius 1 is 1.17 bits per heavy atom. The van der Waals surface area contributed by atoms with Crippen molar-refractivity contribution < 1.29 is 42.9 Å². The SMILES string of the molecule is COC(=O)C[C@H](NC(=O)C[C@H]1C(=O)OCN1C(=O)OCc1ccccc1)C(=O)OC. The smallest absolute Gasteiger partial charge is 0.413 e. The van der Waals surface area contributed by atoms with Gasteiger partial charge in [0.25, 0.3) is 0 Å². The molecule has 1 heterocycles. The van der Waals surface area contributed by atoms with E-state index in [0.717, 1.165) is 24.7 Å². The zero-order chi connectivity index (χ0) is 22.1. The van der Waals surface area contributed by atoms with Gasteiger partial charge in [-0.3, -0.25) is 14.5 Å². The highest BCUT2D eigenvalue weighted by Crippen LogP contribution is 2.17. The maximum absolute atomic E-state index is 12.3. The highest BCUT2D eigenvalue weighted by molar-refractivity contribution is 5.92. The van der Waals surface area contributed by atoms with Crippen LogP contribution >= 0.6 is 0 Å². The number of hydrogen-bond acceptors (Lipinski definition) is 9. The van der Waals surface area contributed by atoms with E-state index < -0.39 is 54.8 Å². The molecule has 0 bridgehead atoms. The highest BCUT2D eigenvalue weighted by Gasteiger charge is 2.40. The maximum atomic E-state index is 12.3. The first-order valence-corrected chi connectivity index (χ1v) is 8.93. The number of rotatable bonds is 8. The van der Waals surface area contributed by atoms with Crippen LogP contribution in [0.3, 0.4) is 0 Å². The molecule has 162 valence electrons. The Morgan fingerprint density at radius 3 is 2.50 bits per heavy atom. The second-order valence-corrected chi connectivity index (χ2v) is 6.25. The molecule has 1 aliphatic heterocycles. The van der Waals surface area contributed by atoms with Crippen LogP contribution in [0.1, 0.15) is 18.4 Å². The molecular weight excluding hydrogens is 400 g/mol. The number of benzene rings is 1. The molecule has 1 aromatic rings. The topological polar surface area (TPSA) is 138 Å². The van der Waals surface area contributed by atoms with Gasteiger partial charge in [-0.05, 0) is 5.56 Å². The van der Waals surface area contributed by atoms with Gasteiger partial charge in [0.2, 0.25) is 5.91 Å². The Labute approximate surface area is 172 Å². The molecule has 2 atom stereocenters. The van der Waals surface area contributed by atoms with Crippen LogP contribution in [0.5, 0.6) is 0 Å². The molecule has 11 heteroatoms. The number of esters is 3. The van der Waals surface area contributed by atoms with E-state index >= 15 is 0 Å². The summed E-state index contributed by atoms with van der Waals surface area (Å²) in [6, 6.07) is 6.37. The van der Waals surface area contributed by atoms with E-state index in [0.29, 0.717) is 0 Å². The average Bonchev–Trinajstić information content (AvgIpc) is 3.11. The molecule has 0 aliphatic carbocycles. The van der Waals surface area contributed by atoms with E-state index in [-0.39, 0.29) is 13.3 Å². The van der Waals surface area contributed by atoms with Crippen LogP contribution in [-0.2, 0) is 44.7 Å². The molecule has 2 rings (SSSR count). The Bertz CT molecular complexity index is 796. The highest BCUT2D eigenvalue weighted by atomic mass is 16.6. The van der Waals surface area contributed by atoms with Gasteiger partial charge in [0.15, 0.2) is 6.73 Å². The number of carbonyl (C=O) groups is 5. The van der Waals surface area contributed by atoms with Gasteiger partial charge >= 0.3 is 24.0 Å². The first-order chi connectivity index (χ1) is 14.3. The van der Waals surface area contributed by atoms with Crippen molar-refractivity contribution in [3.8, 4) is 0 Å². The molecular formula is C19H22N2O9. The average molecular weight is 422 g/mol. The number of amides is 2. The monoisotopic (exact) mass is 422 g/mol. The molecule has 0 aromatic heterocycles. The molecule has 1 N–H and O–H groups in total. The predicted molar refractivity (Wildman–Crippen MR) is 98.4 cm³/mol. The van der Waals surface area contributed by atoms with Crippen LogP contribution in [-0.4, -0.2) is 67.8 Å². The summed E-state index contributed by atoms with van der Waals surface area (Å²) in [4.78, 5) is 60.8. The van der Waals surface area contributed by atoms with Crippen LogP contribution in [0.25, 0.3) is 0 Å². The first-order valence-electron chi connectivity index (χ1n) is 8.93. The number of hydrogen-bond donors (Lipinski definition) is 1. The minimum Gasteiger partial charge on any atom is -0.469 e. The number of ether oxygens (including phenoxy) is 4. The van der Waals surface area contributed by atoms with Gasteiger partial charge in [-0.2, -0.15) is 0 Å². The second kappa shape index (κ2) is 10.8. The van der Waals surface area contributed by atoms with Crippen molar-refractivity contribution in [2.75, 3.05) is 21.0 Å². The quantitative estimate of drug-likeness (QED) is 0.457. The maximum Gasteiger partial charge on any atom is 0.413 e. The fourth-order valence-corrected chi connectivity index (χ4v) is 2.64. The lowest BCUT2D eigenvalue weighted by molar-refractivity contribution is -0.151. The Balaban J connectivity index is 1.96. The molecule has 2 amide bonds. The third-order valence-corrected chi connectivity index (χ3v) is 4.23. The molecule has 1 fully saturated rings. The van der Waals surface area contributed by atoms with Gasteiger partial charge in [-0.1, -0.05) is 30.3 Å². The Kier molecular flexibility index (Phi) is 8.15. The fraction of sp³-hybridized carbons (Fsp3) is 0.421. The van der Waals surface area contributed by atoms with E-state index in [2.05, 4.69) is 14.8 Å². The molecule has 1 aromatic carbocycles. The first kappa shape index (κ1) is 22.7. The summed E-state index contributed by atoms with van der Waals surface area (Å²) in [6.07, 6.45) is -1.78. The molecule has 0 saturated carbocycles. The van der Waals surface area contributed by atoms with Gasteiger partial charge in [0, 0.05) is 0 Å². The Morgan fingerprint density at radius 2 is 1.87 bits per heavy atom. The second-order valence-electron chi connectivity index (χ2n) is 6.25. The van der Waals surface area contributed by atoms with Crippen LogP contribution in [0.4, 0.5) is 4.79 Å². The zero-order valence-electron chi connectivity index (χ0n) is 16.5. The third kappa shape index (κ3) is 6.19. The number of carbonyl (C=O) groups excluding carboxylic acids is 5. The normalized spacial score (nSPS) is 16.3. The van der Waals surface area contributed by atoms with E-state index in [4.69, 9.17) is 9.47 Å². The van der Waals surface area contributed by atoms with Gasteiger partial charge in [-0.15, -0.1) is 0 Å². The van der Waals surface area contributed by atoms with E-state index in [1.54, 1.807) is 24.3 Å². The fourth-order valence-electron chi connectivity index (χ4n) is 2.64. The van der Waals surface area contributed by atoms with E-state index in [1.165, 1.54) is 0 Å². The standard InChI is InChI=1S/C19H22N2O9/c1-27-16(23)8-13(17(24)28-2)20-15(22)9-14-18(25)30-11-21(14)19(26)29-10-12-6-4-3-5-7-12/h3-7,13-14H,8-11H2,1-2H3,(H,20,22)/t13-,14-/m0/s1. The predicted octanol–water partition coefficient (Wildman–Crippen LogP) is 0.119. The summed E-state index contributed by atoms with van der Waals surface area (Å²) in [5, 5.41) is 2.30. The largest absolute Gasteiger partial charge is 0.469 e. The molecule has 0 radical (unpaired) electrons. The van der Waals surface area contributed by atoms with E-state index in [9.17, 15) is 24.0 Å². The molecule has 0 spiro atoms. The van der Waals surface area contributed by atoms with Gasteiger partial charge < -0.3 is 24.3 Å². The number of cyclic esters (lactones) is 1. The summed E-state index contributed by atoms with van der Waals surface area (Å²) in [5.41, 5.74) is 0.746. The number of nitrogens with zero attached hydrogens (tertiary/aromatic N) is 1. The van der Waals surface area contributed by atoms with Crippen molar-refractivity contribution in [2.45, 2.75) is 31.5 Å².